The molecule has 2 fully saturated rings. The first kappa shape index (κ1) is 14.0. The topological polar surface area (TPSA) is 49.0 Å². The molecule has 2 heterocycles. The molecule has 20 heavy (non-hydrogen) atoms. The summed E-state index contributed by atoms with van der Waals surface area (Å²) in [5.74, 6) is 1.86. The number of aromatic nitrogens is 2. The molecule has 1 N–H and O–H groups in total. The number of nitrogens with one attached hydrogen (secondary N) is 1. The van der Waals surface area contributed by atoms with Crippen LogP contribution in [0.15, 0.2) is 6.07 Å². The lowest BCUT2D eigenvalue weighted by Gasteiger charge is -2.23. The maximum absolute atomic E-state index is 12.6. The second-order valence-electron chi connectivity index (χ2n) is 5.81. The van der Waals surface area contributed by atoms with Crippen LogP contribution in [0.25, 0.3) is 0 Å². The van der Waals surface area contributed by atoms with Gasteiger partial charge in [0, 0.05) is 30.0 Å². The predicted molar refractivity (Wildman–Crippen MR) is 82.2 cm³/mol. The van der Waals surface area contributed by atoms with Gasteiger partial charge in [0.1, 0.15) is 5.69 Å². The SMILES string of the molecule is CCS[C@@H]1CCCCN(C(=O)c2cc(C3CC3)[nH]n2)C1. The van der Waals surface area contributed by atoms with E-state index in [1.165, 1.54) is 25.7 Å². The Morgan fingerprint density at radius 2 is 2.30 bits per heavy atom. The fourth-order valence-corrected chi connectivity index (χ4v) is 3.96. The first-order valence-corrected chi connectivity index (χ1v) is 8.79. The quantitative estimate of drug-likeness (QED) is 0.928. The Kier molecular flexibility index (Phi) is 4.34. The lowest BCUT2D eigenvalue weighted by atomic mass is 10.2. The number of aromatic amines is 1. The predicted octanol–water partition coefficient (Wildman–Crippen LogP) is 3.03. The third-order valence-electron chi connectivity index (χ3n) is 4.15. The Morgan fingerprint density at radius 1 is 1.45 bits per heavy atom. The van der Waals surface area contributed by atoms with Crippen LogP contribution in [-0.2, 0) is 0 Å². The van der Waals surface area contributed by atoms with Crippen molar-refractivity contribution in [3.63, 3.8) is 0 Å². The Hall–Kier alpha value is -0.970. The minimum atomic E-state index is 0.108. The molecule has 1 saturated heterocycles. The molecule has 0 spiro atoms. The highest BCUT2D eigenvalue weighted by atomic mass is 32.2. The van der Waals surface area contributed by atoms with E-state index in [1.807, 2.05) is 22.7 Å². The van der Waals surface area contributed by atoms with Gasteiger partial charge in [0.2, 0.25) is 0 Å². The number of rotatable bonds is 4. The Labute approximate surface area is 124 Å². The van der Waals surface area contributed by atoms with E-state index in [1.54, 1.807) is 0 Å². The van der Waals surface area contributed by atoms with Crippen LogP contribution >= 0.6 is 11.8 Å². The van der Waals surface area contributed by atoms with E-state index in [0.717, 1.165) is 31.0 Å². The standard InChI is InChI=1S/C15H23N3OS/c1-2-20-12-5-3-4-8-18(10-12)15(19)14-9-13(16-17-14)11-6-7-11/h9,11-12H,2-8,10H2,1H3,(H,16,17)/t12-/m1/s1. The summed E-state index contributed by atoms with van der Waals surface area (Å²) in [5, 5.41) is 7.86. The number of thioether (sulfide) groups is 1. The summed E-state index contributed by atoms with van der Waals surface area (Å²) in [4.78, 5) is 14.6. The van der Waals surface area contributed by atoms with Gasteiger partial charge >= 0.3 is 0 Å². The summed E-state index contributed by atoms with van der Waals surface area (Å²) in [5.41, 5.74) is 1.75. The molecule has 1 saturated carbocycles. The number of hydrogen-bond acceptors (Lipinski definition) is 3. The van der Waals surface area contributed by atoms with Crippen molar-refractivity contribution >= 4 is 17.7 Å². The summed E-state index contributed by atoms with van der Waals surface area (Å²) in [6.07, 6.45) is 6.04. The van der Waals surface area contributed by atoms with Crippen molar-refractivity contribution in [3.8, 4) is 0 Å². The molecule has 5 heteroatoms. The number of carbonyl (C=O) groups excluding carboxylic acids is 1. The van der Waals surface area contributed by atoms with E-state index in [9.17, 15) is 4.79 Å². The molecule has 0 aromatic carbocycles. The van der Waals surface area contributed by atoms with Gasteiger partial charge in [0.25, 0.3) is 5.91 Å². The number of nitrogens with zero attached hydrogens (tertiary/aromatic N) is 2. The highest BCUT2D eigenvalue weighted by Gasteiger charge is 2.28. The molecule has 1 aromatic rings. The van der Waals surface area contributed by atoms with Crippen LogP contribution in [-0.4, -0.2) is 45.1 Å². The highest BCUT2D eigenvalue weighted by Crippen LogP contribution is 2.39. The fraction of sp³-hybridized carbons (Fsp3) is 0.733. The summed E-state index contributed by atoms with van der Waals surface area (Å²) in [7, 11) is 0. The first-order valence-electron chi connectivity index (χ1n) is 7.74. The van der Waals surface area contributed by atoms with Crippen molar-refractivity contribution in [1.29, 1.82) is 0 Å². The third-order valence-corrected chi connectivity index (χ3v) is 5.34. The van der Waals surface area contributed by atoms with E-state index in [-0.39, 0.29) is 5.91 Å². The number of amides is 1. The van der Waals surface area contributed by atoms with Gasteiger partial charge in [-0.3, -0.25) is 9.89 Å². The van der Waals surface area contributed by atoms with Gasteiger partial charge in [-0.15, -0.1) is 0 Å². The van der Waals surface area contributed by atoms with Crippen molar-refractivity contribution in [1.82, 2.24) is 15.1 Å². The van der Waals surface area contributed by atoms with Crippen LogP contribution < -0.4 is 0 Å². The molecule has 3 rings (SSSR count). The van der Waals surface area contributed by atoms with E-state index >= 15 is 0 Å². The Balaban J connectivity index is 1.67. The molecular formula is C15H23N3OS. The molecule has 110 valence electrons. The summed E-state index contributed by atoms with van der Waals surface area (Å²) < 4.78 is 0. The Bertz CT molecular complexity index is 469. The zero-order chi connectivity index (χ0) is 13.9. The van der Waals surface area contributed by atoms with Gasteiger partial charge in [0.05, 0.1) is 0 Å². The average Bonchev–Trinajstić information content (AvgIpc) is 3.22. The highest BCUT2D eigenvalue weighted by molar-refractivity contribution is 7.99. The van der Waals surface area contributed by atoms with E-state index in [2.05, 4.69) is 17.1 Å². The molecule has 0 radical (unpaired) electrons. The molecule has 0 unspecified atom stereocenters. The van der Waals surface area contributed by atoms with E-state index in [0.29, 0.717) is 16.9 Å². The second kappa shape index (κ2) is 6.20. The maximum atomic E-state index is 12.6. The number of hydrogen-bond donors (Lipinski definition) is 1. The van der Waals surface area contributed by atoms with Crippen LogP contribution in [0.5, 0.6) is 0 Å². The van der Waals surface area contributed by atoms with Crippen LogP contribution in [0.4, 0.5) is 0 Å². The van der Waals surface area contributed by atoms with Gasteiger partial charge in [-0.25, -0.2) is 0 Å². The Morgan fingerprint density at radius 3 is 3.05 bits per heavy atom. The summed E-state index contributed by atoms with van der Waals surface area (Å²) >= 11 is 1.98. The minimum absolute atomic E-state index is 0.108. The lowest BCUT2D eigenvalue weighted by molar-refractivity contribution is 0.0757. The van der Waals surface area contributed by atoms with E-state index in [4.69, 9.17) is 0 Å². The molecule has 0 bridgehead atoms. The van der Waals surface area contributed by atoms with Gasteiger partial charge in [0.15, 0.2) is 0 Å². The minimum Gasteiger partial charge on any atom is -0.336 e. The van der Waals surface area contributed by atoms with Crippen LogP contribution in [0.3, 0.4) is 0 Å². The average molecular weight is 293 g/mol. The van der Waals surface area contributed by atoms with Crippen molar-refractivity contribution in [2.75, 3.05) is 18.8 Å². The van der Waals surface area contributed by atoms with Crippen LogP contribution in [0.1, 0.15) is 61.1 Å². The third kappa shape index (κ3) is 3.19. The zero-order valence-corrected chi connectivity index (χ0v) is 12.9. The van der Waals surface area contributed by atoms with Gasteiger partial charge in [-0.2, -0.15) is 16.9 Å². The summed E-state index contributed by atoms with van der Waals surface area (Å²) in [6, 6.07) is 1.97. The molecule has 1 atom stereocenters. The van der Waals surface area contributed by atoms with Gasteiger partial charge in [-0.05, 0) is 37.5 Å². The normalized spacial score (nSPS) is 23.6. The lowest BCUT2D eigenvalue weighted by Crippen LogP contribution is -2.35. The monoisotopic (exact) mass is 293 g/mol. The molecule has 1 aliphatic heterocycles. The van der Waals surface area contributed by atoms with Crippen LogP contribution in [0, 0.1) is 0 Å². The zero-order valence-electron chi connectivity index (χ0n) is 12.1. The number of H-pyrrole nitrogens is 1. The van der Waals surface area contributed by atoms with Gasteiger partial charge in [-0.1, -0.05) is 13.3 Å². The van der Waals surface area contributed by atoms with Crippen molar-refractivity contribution in [2.24, 2.45) is 0 Å². The van der Waals surface area contributed by atoms with E-state index < -0.39 is 0 Å². The fourth-order valence-electron chi connectivity index (χ4n) is 2.87. The smallest absolute Gasteiger partial charge is 0.274 e. The maximum Gasteiger partial charge on any atom is 0.274 e. The molecule has 1 aliphatic carbocycles. The number of likely N-dealkylation sites (tertiary alicyclic amines) is 1. The van der Waals surface area contributed by atoms with Crippen molar-refractivity contribution in [3.05, 3.63) is 17.5 Å². The van der Waals surface area contributed by atoms with Crippen molar-refractivity contribution in [2.45, 2.75) is 50.2 Å². The van der Waals surface area contributed by atoms with Crippen molar-refractivity contribution < 1.29 is 4.79 Å². The molecular weight excluding hydrogens is 270 g/mol. The largest absolute Gasteiger partial charge is 0.336 e. The van der Waals surface area contributed by atoms with Gasteiger partial charge < -0.3 is 4.90 Å². The van der Waals surface area contributed by atoms with Crippen LogP contribution in [0.2, 0.25) is 0 Å². The molecule has 2 aliphatic rings. The number of carbonyl (C=O) groups is 1. The summed E-state index contributed by atoms with van der Waals surface area (Å²) in [6.45, 7) is 3.95. The second-order valence-corrected chi connectivity index (χ2v) is 7.38. The first-order chi connectivity index (χ1) is 9.78. The molecule has 1 amide bonds. The molecule has 4 nitrogen and oxygen atoms in total. The molecule has 1 aromatic heterocycles.